The lowest BCUT2D eigenvalue weighted by Crippen LogP contribution is -2.55. The van der Waals surface area contributed by atoms with E-state index in [1.54, 1.807) is 0 Å². The summed E-state index contributed by atoms with van der Waals surface area (Å²) >= 11 is 1.86. The number of rotatable bonds is 3. The Hall–Kier alpha value is -1.00. The van der Waals surface area contributed by atoms with E-state index in [4.69, 9.17) is 0 Å². The fourth-order valence-electron chi connectivity index (χ4n) is 6.04. The number of hydrogen-bond acceptors (Lipinski definition) is 3. The first-order valence-corrected chi connectivity index (χ1v) is 11.3. The fourth-order valence-corrected chi connectivity index (χ4v) is 7.01. The number of thioether (sulfide) groups is 1. The van der Waals surface area contributed by atoms with Gasteiger partial charge in [0.1, 0.15) is 0 Å². The second-order valence-corrected chi connectivity index (χ2v) is 9.89. The first-order chi connectivity index (χ1) is 12.5. The van der Waals surface area contributed by atoms with Gasteiger partial charge in [0, 0.05) is 24.1 Å². The lowest BCUT2D eigenvalue weighted by molar-refractivity contribution is -0.136. The van der Waals surface area contributed by atoms with E-state index in [1.165, 1.54) is 5.56 Å². The molecule has 3 nitrogen and oxygen atoms in total. The average molecular weight is 374 g/mol. The third-order valence-electron chi connectivity index (χ3n) is 7.43. The SMILES string of the molecule is CC1CC2CC(CC(C)C2(CC(=O)N2CCSC2)c2ccccc2)C1O. The summed E-state index contributed by atoms with van der Waals surface area (Å²) < 4.78 is 0. The van der Waals surface area contributed by atoms with Gasteiger partial charge in [-0.15, -0.1) is 11.8 Å². The molecular weight excluding hydrogens is 342 g/mol. The molecule has 2 aliphatic carbocycles. The molecule has 3 aliphatic rings. The first kappa shape index (κ1) is 18.4. The van der Waals surface area contributed by atoms with Gasteiger partial charge in [-0.1, -0.05) is 44.2 Å². The van der Waals surface area contributed by atoms with Gasteiger partial charge in [0.15, 0.2) is 0 Å². The molecule has 0 radical (unpaired) electrons. The van der Waals surface area contributed by atoms with Crippen molar-refractivity contribution in [1.82, 2.24) is 4.90 Å². The molecule has 1 aliphatic heterocycles. The predicted octanol–water partition coefficient (Wildman–Crippen LogP) is 3.91. The van der Waals surface area contributed by atoms with Gasteiger partial charge >= 0.3 is 0 Å². The van der Waals surface area contributed by atoms with Crippen LogP contribution in [-0.2, 0) is 10.2 Å². The maximum absolute atomic E-state index is 13.2. The number of aliphatic hydroxyl groups excluding tert-OH is 1. The van der Waals surface area contributed by atoms with E-state index in [9.17, 15) is 9.90 Å². The summed E-state index contributed by atoms with van der Waals surface area (Å²) in [5.41, 5.74) is 1.25. The van der Waals surface area contributed by atoms with Crippen molar-refractivity contribution < 1.29 is 9.90 Å². The van der Waals surface area contributed by atoms with Crippen LogP contribution >= 0.6 is 11.8 Å². The highest BCUT2D eigenvalue weighted by Crippen LogP contribution is 2.57. The molecule has 0 aromatic heterocycles. The van der Waals surface area contributed by atoms with E-state index in [1.807, 2.05) is 11.8 Å². The van der Waals surface area contributed by atoms with Gasteiger partial charge in [-0.3, -0.25) is 4.79 Å². The summed E-state index contributed by atoms with van der Waals surface area (Å²) in [4.78, 5) is 15.3. The molecule has 4 heteroatoms. The van der Waals surface area contributed by atoms with Crippen molar-refractivity contribution in [3.05, 3.63) is 35.9 Å². The lowest BCUT2D eigenvalue weighted by Gasteiger charge is -2.56. The van der Waals surface area contributed by atoms with Crippen LogP contribution in [0.1, 0.15) is 45.1 Å². The molecule has 1 aromatic carbocycles. The van der Waals surface area contributed by atoms with Crippen molar-refractivity contribution in [2.75, 3.05) is 18.2 Å². The molecule has 6 unspecified atom stereocenters. The number of nitrogens with zero attached hydrogens (tertiary/aromatic N) is 1. The number of aliphatic hydroxyl groups is 1. The highest BCUT2D eigenvalue weighted by atomic mass is 32.2. The molecule has 6 atom stereocenters. The van der Waals surface area contributed by atoms with Gasteiger partial charge in [0.2, 0.25) is 5.91 Å². The van der Waals surface area contributed by atoms with Crippen LogP contribution in [0.15, 0.2) is 30.3 Å². The molecule has 1 saturated heterocycles. The summed E-state index contributed by atoms with van der Waals surface area (Å²) in [6, 6.07) is 10.8. The van der Waals surface area contributed by atoms with Gasteiger partial charge in [-0.05, 0) is 48.5 Å². The molecule has 142 valence electrons. The molecule has 4 rings (SSSR count). The standard InChI is InChI=1S/C22H31NO2S/c1-15-10-19-12-17(21(15)25)11-16(2)22(19,18-6-4-3-5-7-18)13-20(24)23-8-9-26-14-23/h3-7,15-17,19,21,25H,8-14H2,1-2H3. The van der Waals surface area contributed by atoms with E-state index in [2.05, 4.69) is 49.1 Å². The van der Waals surface area contributed by atoms with Gasteiger partial charge in [0.05, 0.1) is 12.0 Å². The third-order valence-corrected chi connectivity index (χ3v) is 8.40. The van der Waals surface area contributed by atoms with E-state index in [-0.39, 0.29) is 11.5 Å². The Morgan fingerprint density at radius 3 is 2.69 bits per heavy atom. The highest BCUT2D eigenvalue weighted by Gasteiger charge is 2.54. The minimum Gasteiger partial charge on any atom is -0.393 e. The Morgan fingerprint density at radius 2 is 2.00 bits per heavy atom. The van der Waals surface area contributed by atoms with Gasteiger partial charge in [0.25, 0.3) is 0 Å². The van der Waals surface area contributed by atoms with Gasteiger partial charge in [-0.2, -0.15) is 0 Å². The highest BCUT2D eigenvalue weighted by molar-refractivity contribution is 7.99. The second kappa shape index (κ2) is 7.20. The maximum Gasteiger partial charge on any atom is 0.224 e. The maximum atomic E-state index is 13.2. The van der Waals surface area contributed by atoms with Crippen molar-refractivity contribution in [1.29, 1.82) is 0 Å². The van der Waals surface area contributed by atoms with Crippen LogP contribution in [0.4, 0.5) is 0 Å². The Bertz CT molecular complexity index is 641. The second-order valence-electron chi connectivity index (χ2n) is 8.81. The molecule has 2 saturated carbocycles. The van der Waals surface area contributed by atoms with Crippen molar-refractivity contribution in [2.45, 2.75) is 51.0 Å². The molecule has 1 amide bonds. The van der Waals surface area contributed by atoms with Crippen LogP contribution < -0.4 is 0 Å². The van der Waals surface area contributed by atoms with Gasteiger partial charge in [-0.25, -0.2) is 0 Å². The zero-order chi connectivity index (χ0) is 18.3. The smallest absolute Gasteiger partial charge is 0.224 e. The fraction of sp³-hybridized carbons (Fsp3) is 0.682. The van der Waals surface area contributed by atoms with Crippen LogP contribution in [0.5, 0.6) is 0 Å². The number of carbonyl (C=O) groups excluding carboxylic acids is 1. The Labute approximate surface area is 161 Å². The molecule has 1 heterocycles. The molecule has 3 fully saturated rings. The topological polar surface area (TPSA) is 40.5 Å². The Kier molecular flexibility index (Phi) is 5.08. The van der Waals surface area contributed by atoms with E-state index >= 15 is 0 Å². The van der Waals surface area contributed by atoms with Crippen LogP contribution in [0.25, 0.3) is 0 Å². The summed E-state index contributed by atoms with van der Waals surface area (Å²) in [7, 11) is 0. The number of hydrogen-bond donors (Lipinski definition) is 1. The zero-order valence-electron chi connectivity index (χ0n) is 15.9. The van der Waals surface area contributed by atoms with Crippen LogP contribution in [0.3, 0.4) is 0 Å². The summed E-state index contributed by atoms with van der Waals surface area (Å²) in [5, 5.41) is 10.6. The third kappa shape index (κ3) is 2.99. The summed E-state index contributed by atoms with van der Waals surface area (Å²) in [5.74, 6) is 3.85. The Morgan fingerprint density at radius 1 is 1.23 bits per heavy atom. The Balaban J connectivity index is 1.72. The van der Waals surface area contributed by atoms with Gasteiger partial charge < -0.3 is 10.0 Å². The molecule has 1 N–H and O–H groups in total. The quantitative estimate of drug-likeness (QED) is 0.873. The van der Waals surface area contributed by atoms with Crippen molar-refractivity contribution in [3.8, 4) is 0 Å². The summed E-state index contributed by atoms with van der Waals surface area (Å²) in [6.45, 7) is 5.40. The first-order valence-electron chi connectivity index (χ1n) is 10.1. The van der Waals surface area contributed by atoms with E-state index in [0.29, 0.717) is 36.0 Å². The zero-order valence-corrected chi connectivity index (χ0v) is 16.8. The molecule has 26 heavy (non-hydrogen) atoms. The largest absolute Gasteiger partial charge is 0.393 e. The van der Waals surface area contributed by atoms with Crippen LogP contribution in [0.2, 0.25) is 0 Å². The molecule has 0 spiro atoms. The molecule has 2 bridgehead atoms. The average Bonchev–Trinajstić information content (AvgIpc) is 3.18. The minimum absolute atomic E-state index is 0.0868. The normalized spacial score (nSPS) is 39.8. The molecule has 1 aromatic rings. The molecular formula is C22H31NO2S. The van der Waals surface area contributed by atoms with Crippen molar-refractivity contribution >= 4 is 17.7 Å². The number of fused-ring (bicyclic) bond motifs is 2. The summed E-state index contributed by atoms with van der Waals surface area (Å²) in [6.07, 6.45) is 3.57. The van der Waals surface area contributed by atoms with Crippen LogP contribution in [-0.4, -0.2) is 40.2 Å². The van der Waals surface area contributed by atoms with Crippen LogP contribution in [0, 0.1) is 23.7 Å². The number of amides is 1. The minimum atomic E-state index is -0.173. The predicted molar refractivity (Wildman–Crippen MR) is 107 cm³/mol. The number of benzene rings is 1. The lowest BCUT2D eigenvalue weighted by atomic mass is 9.48. The number of carbonyl (C=O) groups is 1. The van der Waals surface area contributed by atoms with E-state index < -0.39 is 0 Å². The van der Waals surface area contributed by atoms with Crippen molar-refractivity contribution in [2.24, 2.45) is 23.7 Å². The monoisotopic (exact) mass is 373 g/mol. The van der Waals surface area contributed by atoms with Crippen molar-refractivity contribution in [3.63, 3.8) is 0 Å². The van der Waals surface area contributed by atoms with E-state index in [0.717, 1.165) is 37.4 Å².